The summed E-state index contributed by atoms with van der Waals surface area (Å²) in [7, 11) is 0. The number of carbonyl (C=O) groups is 1. The summed E-state index contributed by atoms with van der Waals surface area (Å²) in [4.78, 5) is 13.3. The third-order valence-corrected chi connectivity index (χ3v) is 7.70. The van der Waals surface area contributed by atoms with Crippen LogP contribution in [0.3, 0.4) is 0 Å². The Balaban J connectivity index is 1.64. The number of benzene rings is 1. The van der Waals surface area contributed by atoms with Gasteiger partial charge in [0.2, 0.25) is 0 Å². The first-order chi connectivity index (χ1) is 16.3. The van der Waals surface area contributed by atoms with Crippen LogP contribution in [0, 0.1) is 17.8 Å². The maximum Gasteiger partial charge on any atom is 0.275 e. The number of hydrogen-bond acceptors (Lipinski definition) is 3. The number of carbonyl (C=O) groups excluding carboxylic acids is 1. The van der Waals surface area contributed by atoms with Gasteiger partial charge in [0.05, 0.1) is 10.7 Å². The average Bonchev–Trinajstić information content (AvgIpc) is 3.35. The van der Waals surface area contributed by atoms with Crippen molar-refractivity contribution in [3.05, 3.63) is 45.6 Å². The quantitative estimate of drug-likeness (QED) is 0.295. The van der Waals surface area contributed by atoms with Crippen molar-refractivity contribution in [3.63, 3.8) is 0 Å². The molecular weight excluding hydrogens is 514 g/mol. The van der Waals surface area contributed by atoms with Crippen molar-refractivity contribution in [2.45, 2.75) is 59.8 Å². The molecule has 182 valence electrons. The monoisotopic (exact) mass is 545 g/mol. The van der Waals surface area contributed by atoms with Gasteiger partial charge in [-0.05, 0) is 48.8 Å². The molecule has 0 bridgehead atoms. The second-order valence-electron chi connectivity index (χ2n) is 9.57. The lowest BCUT2D eigenvalue weighted by Crippen LogP contribution is -2.29. The summed E-state index contributed by atoms with van der Waals surface area (Å²) >= 11 is 10.1. The van der Waals surface area contributed by atoms with E-state index < -0.39 is 0 Å². The molecule has 1 aromatic carbocycles. The number of nitrogens with one attached hydrogen (secondary N) is 1. The first-order valence-electron chi connectivity index (χ1n) is 12.3. The number of allylic oxidation sites excluding steroid dienone is 4. The zero-order valence-corrected chi connectivity index (χ0v) is 22.7. The molecule has 5 nitrogen and oxygen atoms in total. The molecule has 0 radical (unpaired) electrons. The number of fused-ring (bicyclic) bond motifs is 3. The van der Waals surface area contributed by atoms with Gasteiger partial charge in [0, 0.05) is 16.4 Å². The van der Waals surface area contributed by atoms with Crippen molar-refractivity contribution in [3.8, 4) is 0 Å². The Hall–Kier alpha value is -2.05. The predicted molar refractivity (Wildman–Crippen MR) is 144 cm³/mol. The van der Waals surface area contributed by atoms with Gasteiger partial charge in [0.25, 0.3) is 5.91 Å². The second-order valence-corrected chi connectivity index (χ2v) is 10.9. The molecule has 0 saturated carbocycles. The van der Waals surface area contributed by atoms with Crippen LogP contribution in [0.1, 0.15) is 70.3 Å². The fraction of sp³-hybridized carbons (Fsp3) is 0.481. The second kappa shape index (κ2) is 10.7. The molecule has 1 amide bonds. The summed E-state index contributed by atoms with van der Waals surface area (Å²) in [6.07, 6.45) is 9.68. The third kappa shape index (κ3) is 5.13. The van der Waals surface area contributed by atoms with Crippen molar-refractivity contribution in [1.82, 2.24) is 15.1 Å². The van der Waals surface area contributed by atoms with E-state index in [1.807, 2.05) is 24.3 Å². The Morgan fingerprint density at radius 2 is 2.09 bits per heavy atom. The minimum absolute atomic E-state index is 0.221. The fourth-order valence-corrected chi connectivity index (χ4v) is 5.31. The minimum Gasteiger partial charge on any atom is -0.452 e. The molecule has 0 spiro atoms. The van der Waals surface area contributed by atoms with E-state index in [0.29, 0.717) is 40.3 Å². The molecule has 2 heterocycles. The van der Waals surface area contributed by atoms with E-state index in [-0.39, 0.29) is 5.91 Å². The van der Waals surface area contributed by atoms with Gasteiger partial charge in [0.1, 0.15) is 11.1 Å². The lowest BCUT2D eigenvalue weighted by atomic mass is 9.93. The van der Waals surface area contributed by atoms with Gasteiger partial charge in [-0.1, -0.05) is 86.6 Å². The highest BCUT2D eigenvalue weighted by Crippen LogP contribution is 2.37. The largest absolute Gasteiger partial charge is 0.452 e. The first kappa shape index (κ1) is 25.1. The zero-order chi connectivity index (χ0) is 24.4. The van der Waals surface area contributed by atoms with Crippen molar-refractivity contribution in [2.24, 2.45) is 17.8 Å². The molecular formula is C27H33BrClN3O2. The molecule has 34 heavy (non-hydrogen) atoms. The maximum absolute atomic E-state index is 13.3. The molecule has 0 aliphatic heterocycles. The lowest BCUT2D eigenvalue weighted by Gasteiger charge is -2.17. The summed E-state index contributed by atoms with van der Waals surface area (Å²) in [6, 6.07) is 5.86. The summed E-state index contributed by atoms with van der Waals surface area (Å²) in [5, 5.41) is 9.33. The SMILES string of the molecule is CCC(CC)CCC(C)CNC(=O)c1nn(C2=CCC(C)C=C2Cl)c2c1oc1cc(Br)ccc12. The molecule has 3 aromatic rings. The Kier molecular flexibility index (Phi) is 7.88. The van der Waals surface area contributed by atoms with Crippen LogP contribution < -0.4 is 5.32 Å². The summed E-state index contributed by atoms with van der Waals surface area (Å²) in [5.41, 5.74) is 3.03. The van der Waals surface area contributed by atoms with Crippen LogP contribution in [0.4, 0.5) is 0 Å². The molecule has 2 atom stereocenters. The fourth-order valence-electron chi connectivity index (χ4n) is 4.60. The number of aromatic nitrogens is 2. The highest BCUT2D eigenvalue weighted by Gasteiger charge is 2.27. The molecule has 0 fully saturated rings. The van der Waals surface area contributed by atoms with Crippen molar-refractivity contribution in [2.75, 3.05) is 6.54 Å². The highest BCUT2D eigenvalue weighted by molar-refractivity contribution is 9.10. The molecule has 4 rings (SSSR count). The topological polar surface area (TPSA) is 60.1 Å². The van der Waals surface area contributed by atoms with Gasteiger partial charge in [-0.25, -0.2) is 4.68 Å². The Morgan fingerprint density at radius 1 is 1.32 bits per heavy atom. The lowest BCUT2D eigenvalue weighted by molar-refractivity contribution is 0.0942. The van der Waals surface area contributed by atoms with Gasteiger partial charge in [-0.15, -0.1) is 0 Å². The number of furan rings is 1. The van der Waals surface area contributed by atoms with Crippen molar-refractivity contribution in [1.29, 1.82) is 0 Å². The molecule has 1 aliphatic rings. The van der Waals surface area contributed by atoms with E-state index in [1.165, 1.54) is 19.3 Å². The van der Waals surface area contributed by atoms with Crippen LogP contribution >= 0.6 is 27.5 Å². The van der Waals surface area contributed by atoms with E-state index >= 15 is 0 Å². The van der Waals surface area contributed by atoms with E-state index in [4.69, 9.17) is 21.1 Å². The Bertz CT molecular complexity index is 1250. The molecule has 1 aliphatic carbocycles. The number of amides is 1. The van der Waals surface area contributed by atoms with E-state index in [0.717, 1.165) is 39.8 Å². The van der Waals surface area contributed by atoms with Crippen LogP contribution in [0.2, 0.25) is 0 Å². The van der Waals surface area contributed by atoms with E-state index in [2.05, 4.69) is 55.0 Å². The van der Waals surface area contributed by atoms with Crippen LogP contribution in [-0.4, -0.2) is 22.2 Å². The predicted octanol–water partition coefficient (Wildman–Crippen LogP) is 8.13. The van der Waals surface area contributed by atoms with Crippen molar-refractivity contribution < 1.29 is 9.21 Å². The van der Waals surface area contributed by atoms with Crippen molar-refractivity contribution >= 4 is 61.2 Å². The normalized spacial score (nSPS) is 17.3. The third-order valence-electron chi connectivity index (χ3n) is 6.89. The molecule has 7 heteroatoms. The summed E-state index contributed by atoms with van der Waals surface area (Å²) in [5.74, 6) is 1.30. The van der Waals surface area contributed by atoms with Gasteiger partial charge in [-0.2, -0.15) is 5.10 Å². The van der Waals surface area contributed by atoms with Crippen LogP contribution in [0.25, 0.3) is 27.8 Å². The van der Waals surface area contributed by atoms with Gasteiger partial charge >= 0.3 is 0 Å². The number of rotatable bonds is 9. The zero-order valence-electron chi connectivity index (χ0n) is 20.3. The average molecular weight is 547 g/mol. The molecule has 2 aromatic heterocycles. The van der Waals surface area contributed by atoms with Gasteiger partial charge in [-0.3, -0.25) is 4.79 Å². The number of hydrogen-bond donors (Lipinski definition) is 1. The van der Waals surface area contributed by atoms with Crippen LogP contribution in [-0.2, 0) is 0 Å². The van der Waals surface area contributed by atoms with E-state index in [1.54, 1.807) is 4.68 Å². The smallest absolute Gasteiger partial charge is 0.275 e. The molecule has 0 saturated heterocycles. The molecule has 1 N–H and O–H groups in total. The molecule has 2 unspecified atom stereocenters. The first-order valence-corrected chi connectivity index (χ1v) is 13.5. The minimum atomic E-state index is -0.221. The van der Waals surface area contributed by atoms with Crippen LogP contribution in [0.15, 0.2) is 44.3 Å². The van der Waals surface area contributed by atoms with E-state index in [9.17, 15) is 4.79 Å². The summed E-state index contributed by atoms with van der Waals surface area (Å²) < 4.78 is 8.85. The van der Waals surface area contributed by atoms with Crippen LogP contribution in [0.5, 0.6) is 0 Å². The number of nitrogens with zero attached hydrogens (tertiary/aromatic N) is 2. The maximum atomic E-state index is 13.3. The summed E-state index contributed by atoms with van der Waals surface area (Å²) in [6.45, 7) is 9.42. The Morgan fingerprint density at radius 3 is 2.79 bits per heavy atom. The van der Waals surface area contributed by atoms with Gasteiger partial charge in [0.15, 0.2) is 11.3 Å². The van der Waals surface area contributed by atoms with Gasteiger partial charge < -0.3 is 9.73 Å². The number of halogens is 2. The highest BCUT2D eigenvalue weighted by atomic mass is 79.9. The Labute approximate surface area is 214 Å². The standard InChI is InChI=1S/C27H33BrClN3O2/c1-5-18(6-2)9-7-17(4)15-30-27(33)24-26-25(20-11-10-19(28)14-23(20)34-26)32(31-24)22-12-8-16(3)13-21(22)29/h10-14,16-18H,5-9,15H2,1-4H3,(H,30,33).